The van der Waals surface area contributed by atoms with Gasteiger partial charge in [0.1, 0.15) is 6.20 Å². The van der Waals surface area contributed by atoms with Crippen LogP contribution >= 0.6 is 0 Å². The van der Waals surface area contributed by atoms with Crippen LogP contribution in [0.25, 0.3) is 0 Å². The molecule has 0 aliphatic rings. The number of carbonyl (C=O) groups excluding carboxylic acids is 2. The minimum absolute atomic E-state index is 0.129. The quantitative estimate of drug-likeness (QED) is 0.604. The van der Waals surface area contributed by atoms with E-state index < -0.39 is 29.2 Å². The lowest BCUT2D eigenvalue weighted by Gasteiger charge is -2.09. The van der Waals surface area contributed by atoms with Crippen molar-refractivity contribution in [2.45, 2.75) is 0 Å². The normalized spacial score (nSPS) is 9.91. The van der Waals surface area contributed by atoms with Gasteiger partial charge in [0.15, 0.2) is 6.61 Å². The number of pyridine rings is 1. The van der Waals surface area contributed by atoms with E-state index in [9.17, 15) is 19.7 Å². The third-order valence-electron chi connectivity index (χ3n) is 2.75. The Morgan fingerprint density at radius 2 is 2.00 bits per heavy atom. The molecule has 0 radical (unpaired) electrons. The molecule has 0 aliphatic heterocycles. The number of nitrogens with zero attached hydrogens (tertiary/aromatic N) is 2. The largest absolute Gasteiger partial charge is 0.476 e. The molecule has 9 nitrogen and oxygen atoms in total. The van der Waals surface area contributed by atoms with Crippen molar-refractivity contribution in [2.24, 2.45) is 5.73 Å². The first-order valence-electron chi connectivity index (χ1n) is 6.40. The highest BCUT2D eigenvalue weighted by Gasteiger charge is 2.17. The summed E-state index contributed by atoms with van der Waals surface area (Å²) in [5.74, 6) is -1.91. The Hall–Kier alpha value is -3.49. The summed E-state index contributed by atoms with van der Waals surface area (Å²) < 4.78 is 5.10. The second-order valence-corrected chi connectivity index (χ2v) is 4.33. The van der Waals surface area contributed by atoms with E-state index in [1.165, 1.54) is 30.5 Å². The number of amides is 2. The van der Waals surface area contributed by atoms with Crippen molar-refractivity contribution in [3.05, 3.63) is 58.3 Å². The van der Waals surface area contributed by atoms with Crippen LogP contribution in [-0.2, 0) is 4.79 Å². The second-order valence-electron chi connectivity index (χ2n) is 4.33. The van der Waals surface area contributed by atoms with Crippen LogP contribution in [0.5, 0.6) is 5.75 Å². The zero-order valence-corrected chi connectivity index (χ0v) is 11.8. The van der Waals surface area contributed by atoms with Crippen LogP contribution in [0.15, 0.2) is 42.6 Å². The molecule has 9 heteroatoms. The Morgan fingerprint density at radius 3 is 2.70 bits per heavy atom. The summed E-state index contributed by atoms with van der Waals surface area (Å²) in [6.45, 7) is -0.486. The van der Waals surface area contributed by atoms with Crippen molar-refractivity contribution >= 4 is 23.3 Å². The van der Waals surface area contributed by atoms with E-state index in [2.05, 4.69) is 10.3 Å². The number of nitrogens with one attached hydrogen (secondary N) is 1. The van der Waals surface area contributed by atoms with E-state index in [1.54, 1.807) is 12.1 Å². The molecule has 0 fully saturated rings. The molecule has 3 N–H and O–H groups in total. The minimum Gasteiger partial charge on any atom is -0.476 e. The van der Waals surface area contributed by atoms with E-state index >= 15 is 0 Å². The topological polar surface area (TPSA) is 137 Å². The van der Waals surface area contributed by atoms with Crippen molar-refractivity contribution < 1.29 is 19.2 Å². The predicted octanol–water partition coefficient (Wildman–Crippen LogP) is 1.11. The molecule has 23 heavy (non-hydrogen) atoms. The van der Waals surface area contributed by atoms with Gasteiger partial charge in [-0.15, -0.1) is 0 Å². The maximum absolute atomic E-state index is 11.9. The van der Waals surface area contributed by atoms with Gasteiger partial charge in [-0.3, -0.25) is 9.59 Å². The fraction of sp³-hybridized carbons (Fsp3) is 0.0714. The van der Waals surface area contributed by atoms with E-state index in [0.29, 0.717) is 0 Å². The van der Waals surface area contributed by atoms with Gasteiger partial charge in [-0.05, 0) is 34.2 Å². The Labute approximate surface area is 130 Å². The average molecular weight is 316 g/mol. The smallest absolute Gasteiger partial charge is 0.406 e. The van der Waals surface area contributed by atoms with E-state index in [4.69, 9.17) is 10.5 Å². The first-order chi connectivity index (χ1) is 11.0. The summed E-state index contributed by atoms with van der Waals surface area (Å²) in [5.41, 5.74) is 5.58. The number of hydrogen-bond donors (Lipinski definition) is 2. The number of hydrogen-bond acceptors (Lipinski definition) is 6. The highest BCUT2D eigenvalue weighted by molar-refractivity contribution is 6.03. The molecule has 1 aromatic heterocycles. The van der Waals surface area contributed by atoms with Gasteiger partial charge in [0, 0.05) is 0 Å². The zero-order chi connectivity index (χ0) is 16.8. The molecule has 2 aromatic rings. The number of carbonyl (C=O) groups is 2. The van der Waals surface area contributed by atoms with Gasteiger partial charge >= 0.3 is 5.82 Å². The van der Waals surface area contributed by atoms with Gasteiger partial charge in [-0.2, -0.15) is 0 Å². The number of nitrogens with two attached hydrogens (primary N) is 1. The lowest BCUT2D eigenvalue weighted by atomic mass is 10.1. The fourth-order valence-corrected chi connectivity index (χ4v) is 1.77. The molecule has 1 aromatic carbocycles. The van der Waals surface area contributed by atoms with Gasteiger partial charge in [-0.25, -0.2) is 0 Å². The third-order valence-corrected chi connectivity index (χ3v) is 2.75. The number of anilines is 1. The fourth-order valence-electron chi connectivity index (χ4n) is 1.77. The first kappa shape index (κ1) is 15.9. The molecule has 2 amide bonds. The molecule has 0 aliphatic carbocycles. The molecule has 118 valence electrons. The van der Waals surface area contributed by atoms with Crippen LogP contribution in [0.1, 0.15) is 10.4 Å². The van der Waals surface area contributed by atoms with Gasteiger partial charge in [0.05, 0.1) is 11.3 Å². The number of benzene rings is 1. The number of rotatable bonds is 6. The molecule has 0 unspecified atom stereocenters. The molecule has 0 spiro atoms. The molecule has 2 rings (SSSR count). The van der Waals surface area contributed by atoms with Crippen molar-refractivity contribution in [3.8, 4) is 5.75 Å². The lowest BCUT2D eigenvalue weighted by Crippen LogP contribution is -2.23. The van der Waals surface area contributed by atoms with Crippen LogP contribution in [0, 0.1) is 10.1 Å². The van der Waals surface area contributed by atoms with E-state index in [-0.39, 0.29) is 17.0 Å². The summed E-state index contributed by atoms with van der Waals surface area (Å²) in [4.78, 5) is 36.8. The molecule has 0 atom stereocenters. The second kappa shape index (κ2) is 6.98. The summed E-state index contributed by atoms with van der Waals surface area (Å²) in [6.07, 6.45) is 1.24. The third kappa shape index (κ3) is 4.00. The predicted molar refractivity (Wildman–Crippen MR) is 80.0 cm³/mol. The Balaban J connectivity index is 2.04. The number of ether oxygens (including phenoxy) is 1. The van der Waals surface area contributed by atoms with Gasteiger partial charge in [0.25, 0.3) is 11.8 Å². The maximum atomic E-state index is 11.9. The number of aromatic nitrogens is 1. The van der Waals surface area contributed by atoms with Crippen LogP contribution in [-0.4, -0.2) is 28.3 Å². The van der Waals surface area contributed by atoms with Crippen molar-refractivity contribution in [2.75, 3.05) is 11.9 Å². The molecular weight excluding hydrogens is 304 g/mol. The molecule has 1 heterocycles. The van der Waals surface area contributed by atoms with Crippen molar-refractivity contribution in [1.29, 1.82) is 0 Å². The molecule has 0 bridgehead atoms. The summed E-state index contributed by atoms with van der Waals surface area (Å²) in [7, 11) is 0. The average Bonchev–Trinajstić information content (AvgIpc) is 2.53. The molecular formula is C14H12N4O5. The monoisotopic (exact) mass is 316 g/mol. The van der Waals surface area contributed by atoms with Crippen molar-refractivity contribution in [1.82, 2.24) is 4.98 Å². The lowest BCUT2D eigenvalue weighted by molar-refractivity contribution is -0.390. The molecule has 0 saturated carbocycles. The van der Waals surface area contributed by atoms with Gasteiger partial charge < -0.3 is 25.9 Å². The zero-order valence-electron chi connectivity index (χ0n) is 11.8. The SMILES string of the molecule is NC(=O)c1ccccc1NC(=O)COc1cccnc1[N+](=O)[O-]. The van der Waals surface area contributed by atoms with Crippen LogP contribution < -0.4 is 15.8 Å². The van der Waals surface area contributed by atoms with Crippen LogP contribution in [0.2, 0.25) is 0 Å². The minimum atomic E-state index is -0.713. The number of para-hydroxylation sites is 1. The van der Waals surface area contributed by atoms with E-state index in [1.807, 2.05) is 0 Å². The number of primary amides is 1. The summed E-state index contributed by atoms with van der Waals surface area (Å²) >= 11 is 0. The standard InChI is InChI=1S/C14H12N4O5/c15-13(20)9-4-1-2-5-10(9)17-12(19)8-23-11-6-3-7-16-14(11)18(21)22/h1-7H,8H2,(H2,15,20)(H,17,19). The number of nitro groups is 1. The van der Waals surface area contributed by atoms with Crippen LogP contribution in [0.3, 0.4) is 0 Å². The Morgan fingerprint density at radius 1 is 1.26 bits per heavy atom. The highest BCUT2D eigenvalue weighted by atomic mass is 16.6. The van der Waals surface area contributed by atoms with Gasteiger partial charge in [-0.1, -0.05) is 12.1 Å². The molecule has 0 saturated heterocycles. The maximum Gasteiger partial charge on any atom is 0.406 e. The Bertz CT molecular complexity index is 762. The van der Waals surface area contributed by atoms with Crippen molar-refractivity contribution in [3.63, 3.8) is 0 Å². The highest BCUT2D eigenvalue weighted by Crippen LogP contribution is 2.22. The van der Waals surface area contributed by atoms with Crippen LogP contribution in [0.4, 0.5) is 11.5 Å². The summed E-state index contributed by atoms with van der Waals surface area (Å²) in [5, 5.41) is 13.2. The summed E-state index contributed by atoms with van der Waals surface area (Å²) in [6, 6.07) is 8.97. The Kier molecular flexibility index (Phi) is 4.82. The first-order valence-corrected chi connectivity index (χ1v) is 6.40. The van der Waals surface area contributed by atoms with E-state index in [0.717, 1.165) is 0 Å². The van der Waals surface area contributed by atoms with Gasteiger partial charge in [0.2, 0.25) is 5.75 Å².